The molecule has 0 radical (unpaired) electrons. The van der Waals surface area contributed by atoms with Gasteiger partial charge in [-0.3, -0.25) is 0 Å². The van der Waals surface area contributed by atoms with Crippen LogP contribution in [0.2, 0.25) is 0 Å². The molecule has 0 amide bonds. The van der Waals surface area contributed by atoms with Crippen molar-refractivity contribution in [3.8, 4) is 0 Å². The maximum absolute atomic E-state index is 13.4. The van der Waals surface area contributed by atoms with E-state index < -0.39 is 17.7 Å². The SMILES string of the molecule is CCSCC(C)NCC(O)c1ccc(F)cc1F. The fraction of sp³-hybridized carbons (Fsp3) is 0.538. The molecule has 2 N–H and O–H groups in total. The van der Waals surface area contributed by atoms with Crippen molar-refractivity contribution in [2.45, 2.75) is 26.0 Å². The highest BCUT2D eigenvalue weighted by molar-refractivity contribution is 7.99. The zero-order valence-corrected chi connectivity index (χ0v) is 11.4. The first-order valence-electron chi connectivity index (χ1n) is 5.98. The first-order valence-corrected chi connectivity index (χ1v) is 7.14. The number of aliphatic hydroxyl groups excluding tert-OH is 1. The Hall–Kier alpha value is -0.650. The lowest BCUT2D eigenvalue weighted by Crippen LogP contribution is -2.32. The minimum Gasteiger partial charge on any atom is -0.387 e. The van der Waals surface area contributed by atoms with Crippen LogP contribution in [0.25, 0.3) is 0 Å². The number of hydrogen-bond donors (Lipinski definition) is 2. The molecule has 0 aliphatic carbocycles. The van der Waals surface area contributed by atoms with Crippen molar-refractivity contribution in [2.75, 3.05) is 18.1 Å². The summed E-state index contributed by atoms with van der Waals surface area (Å²) >= 11 is 1.80. The van der Waals surface area contributed by atoms with Crippen LogP contribution >= 0.6 is 11.8 Å². The van der Waals surface area contributed by atoms with Crippen LogP contribution < -0.4 is 5.32 Å². The van der Waals surface area contributed by atoms with Crippen LogP contribution in [0.3, 0.4) is 0 Å². The summed E-state index contributed by atoms with van der Waals surface area (Å²) in [6.07, 6.45) is -0.959. The van der Waals surface area contributed by atoms with E-state index in [1.54, 1.807) is 11.8 Å². The monoisotopic (exact) mass is 275 g/mol. The van der Waals surface area contributed by atoms with Crippen LogP contribution in [0.5, 0.6) is 0 Å². The topological polar surface area (TPSA) is 32.3 Å². The summed E-state index contributed by atoms with van der Waals surface area (Å²) in [4.78, 5) is 0. The molecule has 0 bridgehead atoms. The normalized spacial score (nSPS) is 14.5. The summed E-state index contributed by atoms with van der Waals surface area (Å²) in [5.74, 6) is 0.639. The Bertz CT molecular complexity index is 376. The Balaban J connectivity index is 2.47. The molecule has 0 fully saturated rings. The molecule has 2 nitrogen and oxygen atoms in total. The Labute approximate surface area is 111 Å². The highest BCUT2D eigenvalue weighted by Gasteiger charge is 2.14. The van der Waals surface area contributed by atoms with Gasteiger partial charge >= 0.3 is 0 Å². The second-order valence-electron chi connectivity index (χ2n) is 4.15. The lowest BCUT2D eigenvalue weighted by atomic mass is 10.1. The highest BCUT2D eigenvalue weighted by atomic mass is 32.2. The fourth-order valence-corrected chi connectivity index (χ4v) is 2.26. The molecule has 18 heavy (non-hydrogen) atoms. The van der Waals surface area contributed by atoms with E-state index in [1.165, 1.54) is 6.07 Å². The van der Waals surface area contributed by atoms with Gasteiger partial charge in [0.1, 0.15) is 11.6 Å². The fourth-order valence-electron chi connectivity index (χ4n) is 1.55. The first kappa shape index (κ1) is 15.4. The molecular weight excluding hydrogens is 256 g/mol. The van der Waals surface area contributed by atoms with Crippen LogP contribution in [0.4, 0.5) is 8.78 Å². The number of aliphatic hydroxyl groups is 1. The van der Waals surface area contributed by atoms with E-state index in [2.05, 4.69) is 12.2 Å². The molecule has 1 rings (SSSR count). The molecular formula is C13H19F2NOS. The van der Waals surface area contributed by atoms with E-state index in [1.807, 2.05) is 6.92 Å². The van der Waals surface area contributed by atoms with Crippen LogP contribution in [0, 0.1) is 11.6 Å². The van der Waals surface area contributed by atoms with Crippen molar-refractivity contribution in [3.63, 3.8) is 0 Å². The average molecular weight is 275 g/mol. The quantitative estimate of drug-likeness (QED) is 0.802. The number of hydrogen-bond acceptors (Lipinski definition) is 3. The van der Waals surface area contributed by atoms with E-state index >= 15 is 0 Å². The molecule has 5 heteroatoms. The maximum Gasteiger partial charge on any atom is 0.131 e. The zero-order valence-electron chi connectivity index (χ0n) is 10.6. The zero-order chi connectivity index (χ0) is 13.5. The molecule has 0 heterocycles. The Morgan fingerprint density at radius 3 is 2.72 bits per heavy atom. The van der Waals surface area contributed by atoms with Crippen molar-refractivity contribution in [3.05, 3.63) is 35.4 Å². The minimum atomic E-state index is -0.959. The molecule has 0 aliphatic heterocycles. The van der Waals surface area contributed by atoms with Crippen molar-refractivity contribution in [2.24, 2.45) is 0 Å². The van der Waals surface area contributed by atoms with E-state index in [9.17, 15) is 13.9 Å². The van der Waals surface area contributed by atoms with Crippen molar-refractivity contribution < 1.29 is 13.9 Å². The molecule has 0 saturated heterocycles. The third-order valence-corrected chi connectivity index (χ3v) is 3.70. The van der Waals surface area contributed by atoms with Gasteiger partial charge in [-0.15, -0.1) is 0 Å². The van der Waals surface area contributed by atoms with Gasteiger partial charge in [-0.05, 0) is 18.7 Å². The average Bonchev–Trinajstić information content (AvgIpc) is 2.33. The van der Waals surface area contributed by atoms with Gasteiger partial charge in [-0.2, -0.15) is 11.8 Å². The molecule has 0 aromatic heterocycles. The van der Waals surface area contributed by atoms with E-state index in [-0.39, 0.29) is 18.2 Å². The van der Waals surface area contributed by atoms with Crippen molar-refractivity contribution in [1.29, 1.82) is 0 Å². The molecule has 1 aromatic carbocycles. The van der Waals surface area contributed by atoms with Crippen LogP contribution in [-0.4, -0.2) is 29.2 Å². The van der Waals surface area contributed by atoms with Gasteiger partial charge in [-0.1, -0.05) is 13.0 Å². The predicted octanol–water partition coefficient (Wildman–Crippen LogP) is 2.73. The number of benzene rings is 1. The highest BCUT2D eigenvalue weighted by Crippen LogP contribution is 2.17. The summed E-state index contributed by atoms with van der Waals surface area (Å²) in [7, 11) is 0. The molecule has 1 aromatic rings. The van der Waals surface area contributed by atoms with E-state index in [0.717, 1.165) is 23.6 Å². The van der Waals surface area contributed by atoms with Crippen LogP contribution in [0.1, 0.15) is 25.5 Å². The number of rotatable bonds is 7. The van der Waals surface area contributed by atoms with E-state index in [4.69, 9.17) is 0 Å². The minimum absolute atomic E-state index is 0.124. The van der Waals surface area contributed by atoms with Gasteiger partial charge in [0.2, 0.25) is 0 Å². The van der Waals surface area contributed by atoms with Gasteiger partial charge in [0.15, 0.2) is 0 Å². The van der Waals surface area contributed by atoms with Crippen LogP contribution in [0.15, 0.2) is 18.2 Å². The molecule has 2 atom stereocenters. The predicted molar refractivity (Wildman–Crippen MR) is 71.8 cm³/mol. The molecule has 2 unspecified atom stereocenters. The third-order valence-electron chi connectivity index (χ3n) is 2.55. The number of halogens is 2. The standard InChI is InChI=1S/C13H19F2NOS/c1-3-18-8-9(2)16-7-13(17)11-5-4-10(14)6-12(11)15/h4-6,9,13,16-17H,3,7-8H2,1-2H3. The summed E-state index contributed by atoms with van der Waals surface area (Å²) in [6, 6.07) is 3.46. The van der Waals surface area contributed by atoms with Gasteiger partial charge in [0.25, 0.3) is 0 Å². The summed E-state index contributed by atoms with van der Waals surface area (Å²) in [5.41, 5.74) is 0.124. The largest absolute Gasteiger partial charge is 0.387 e. The van der Waals surface area contributed by atoms with Crippen molar-refractivity contribution >= 4 is 11.8 Å². The molecule has 0 saturated carbocycles. The van der Waals surface area contributed by atoms with Crippen LogP contribution in [-0.2, 0) is 0 Å². The van der Waals surface area contributed by atoms with Gasteiger partial charge in [-0.25, -0.2) is 8.78 Å². The van der Waals surface area contributed by atoms with Gasteiger partial charge < -0.3 is 10.4 Å². The molecule has 102 valence electrons. The Morgan fingerprint density at radius 2 is 2.11 bits per heavy atom. The summed E-state index contributed by atoms with van der Waals surface area (Å²) in [5, 5.41) is 13.0. The van der Waals surface area contributed by atoms with Crippen molar-refractivity contribution in [1.82, 2.24) is 5.32 Å². The molecule has 0 spiro atoms. The lowest BCUT2D eigenvalue weighted by molar-refractivity contribution is 0.167. The molecule has 0 aliphatic rings. The lowest BCUT2D eigenvalue weighted by Gasteiger charge is -2.17. The Kier molecular flexibility index (Phi) is 6.60. The first-order chi connectivity index (χ1) is 8.54. The second kappa shape index (κ2) is 7.71. The van der Waals surface area contributed by atoms with Gasteiger partial charge in [0, 0.05) is 30.0 Å². The maximum atomic E-state index is 13.4. The third kappa shape index (κ3) is 4.92. The van der Waals surface area contributed by atoms with Gasteiger partial charge in [0.05, 0.1) is 6.10 Å². The second-order valence-corrected chi connectivity index (χ2v) is 5.47. The van der Waals surface area contributed by atoms with E-state index in [0.29, 0.717) is 0 Å². The Morgan fingerprint density at radius 1 is 1.39 bits per heavy atom. The number of thioether (sulfide) groups is 1. The summed E-state index contributed by atoms with van der Waals surface area (Å²) in [6.45, 7) is 4.35. The summed E-state index contributed by atoms with van der Waals surface area (Å²) < 4.78 is 26.1. The smallest absolute Gasteiger partial charge is 0.131 e. The number of nitrogens with one attached hydrogen (secondary N) is 1.